The van der Waals surface area contributed by atoms with Gasteiger partial charge in [0.25, 0.3) is 0 Å². The van der Waals surface area contributed by atoms with E-state index in [1.807, 2.05) is 24.4 Å². The lowest BCUT2D eigenvalue weighted by molar-refractivity contribution is 0.372. The Kier molecular flexibility index (Phi) is 5.75. The molecule has 0 atom stereocenters. The second kappa shape index (κ2) is 8.78. The number of nitrogens with zero attached hydrogens (tertiary/aromatic N) is 5. The maximum Gasteiger partial charge on any atom is 0.194 e. The molecule has 0 spiro atoms. The Labute approximate surface area is 166 Å². The summed E-state index contributed by atoms with van der Waals surface area (Å²) in [7, 11) is 0. The van der Waals surface area contributed by atoms with E-state index in [0.717, 1.165) is 63.0 Å². The van der Waals surface area contributed by atoms with Crippen molar-refractivity contribution >= 4 is 17.3 Å². The maximum atomic E-state index is 4.86. The van der Waals surface area contributed by atoms with Gasteiger partial charge in [0.05, 0.1) is 5.69 Å². The molecule has 0 amide bonds. The van der Waals surface area contributed by atoms with Crippen molar-refractivity contribution < 1.29 is 0 Å². The quantitative estimate of drug-likeness (QED) is 0.549. The van der Waals surface area contributed by atoms with Gasteiger partial charge in [0.1, 0.15) is 5.65 Å². The number of guanidine groups is 1. The molecule has 6 heteroatoms. The Balaban J connectivity index is 1.35. The third-order valence-electron chi connectivity index (χ3n) is 5.08. The van der Waals surface area contributed by atoms with Crippen LogP contribution in [0.5, 0.6) is 0 Å². The Bertz CT molecular complexity index is 876. The fourth-order valence-electron chi connectivity index (χ4n) is 3.63. The highest BCUT2D eigenvalue weighted by molar-refractivity contribution is 5.80. The number of aliphatic imine (C=N–C) groups is 1. The predicted molar refractivity (Wildman–Crippen MR) is 115 cm³/mol. The van der Waals surface area contributed by atoms with Crippen LogP contribution in [-0.2, 0) is 6.42 Å². The minimum Gasteiger partial charge on any atom is -0.368 e. The van der Waals surface area contributed by atoms with Gasteiger partial charge < -0.3 is 19.5 Å². The molecule has 0 radical (unpaired) electrons. The van der Waals surface area contributed by atoms with Crippen LogP contribution in [0.2, 0.25) is 0 Å². The first-order valence-electron chi connectivity index (χ1n) is 10.1. The zero-order valence-corrected chi connectivity index (χ0v) is 16.5. The molecule has 146 valence electrons. The van der Waals surface area contributed by atoms with E-state index in [1.54, 1.807) is 0 Å². The van der Waals surface area contributed by atoms with E-state index in [-0.39, 0.29) is 0 Å². The highest BCUT2D eigenvalue weighted by Gasteiger charge is 2.19. The van der Waals surface area contributed by atoms with E-state index in [1.165, 1.54) is 5.69 Å². The van der Waals surface area contributed by atoms with Gasteiger partial charge in [-0.25, -0.2) is 4.98 Å². The van der Waals surface area contributed by atoms with Crippen molar-refractivity contribution in [2.45, 2.75) is 13.3 Å². The summed E-state index contributed by atoms with van der Waals surface area (Å²) in [6.45, 7) is 7.74. The lowest BCUT2D eigenvalue weighted by Gasteiger charge is -2.37. The van der Waals surface area contributed by atoms with Crippen LogP contribution in [0, 0.1) is 0 Å². The van der Waals surface area contributed by atoms with Gasteiger partial charge in [0.2, 0.25) is 0 Å². The number of hydrogen-bond acceptors (Lipinski definition) is 3. The fraction of sp³-hybridized carbons (Fsp3) is 0.364. The van der Waals surface area contributed by atoms with Crippen molar-refractivity contribution in [3.05, 3.63) is 66.6 Å². The number of para-hydroxylation sites is 1. The third kappa shape index (κ3) is 4.27. The minimum absolute atomic E-state index is 0.741. The summed E-state index contributed by atoms with van der Waals surface area (Å²) in [6, 6.07) is 16.7. The van der Waals surface area contributed by atoms with Gasteiger partial charge >= 0.3 is 0 Å². The second-order valence-corrected chi connectivity index (χ2v) is 6.99. The van der Waals surface area contributed by atoms with Crippen molar-refractivity contribution in [1.29, 1.82) is 0 Å². The molecule has 1 aromatic carbocycles. The highest BCUT2D eigenvalue weighted by Crippen LogP contribution is 2.15. The molecular weight excluding hydrogens is 348 g/mol. The molecule has 3 aromatic rings. The minimum atomic E-state index is 0.741. The van der Waals surface area contributed by atoms with Crippen molar-refractivity contribution in [2.75, 3.05) is 44.2 Å². The Morgan fingerprint density at radius 2 is 1.82 bits per heavy atom. The lowest BCUT2D eigenvalue weighted by atomic mass is 10.2. The average molecular weight is 377 g/mol. The topological polar surface area (TPSA) is 48.2 Å². The number of aromatic nitrogens is 2. The molecule has 28 heavy (non-hydrogen) atoms. The molecule has 6 nitrogen and oxygen atoms in total. The van der Waals surface area contributed by atoms with Crippen LogP contribution >= 0.6 is 0 Å². The summed E-state index contributed by atoms with van der Waals surface area (Å²) in [4.78, 5) is 14.3. The molecular formula is C22H28N6. The molecule has 2 aromatic heterocycles. The fourth-order valence-corrected chi connectivity index (χ4v) is 3.63. The summed E-state index contributed by atoms with van der Waals surface area (Å²) < 4.78 is 2.06. The summed E-state index contributed by atoms with van der Waals surface area (Å²) in [6.07, 6.45) is 4.97. The number of rotatable bonds is 5. The molecule has 0 bridgehead atoms. The zero-order valence-electron chi connectivity index (χ0n) is 16.5. The summed E-state index contributed by atoms with van der Waals surface area (Å²) in [5.74, 6) is 1.01. The van der Waals surface area contributed by atoms with E-state index in [0.29, 0.717) is 0 Å². The number of imidazole rings is 1. The van der Waals surface area contributed by atoms with Crippen molar-refractivity contribution in [1.82, 2.24) is 19.6 Å². The number of hydrogen-bond donors (Lipinski definition) is 1. The number of fused-ring (bicyclic) bond motifs is 1. The van der Waals surface area contributed by atoms with Gasteiger partial charge in [-0.15, -0.1) is 0 Å². The number of anilines is 1. The van der Waals surface area contributed by atoms with Gasteiger partial charge in [-0.2, -0.15) is 0 Å². The van der Waals surface area contributed by atoms with Gasteiger partial charge in [0, 0.05) is 63.8 Å². The summed E-state index contributed by atoms with van der Waals surface area (Å²) >= 11 is 0. The summed E-state index contributed by atoms with van der Waals surface area (Å²) in [5, 5.41) is 3.45. The average Bonchev–Trinajstić information content (AvgIpc) is 3.17. The van der Waals surface area contributed by atoms with Crippen molar-refractivity contribution in [3.63, 3.8) is 0 Å². The van der Waals surface area contributed by atoms with Crippen LogP contribution in [0.1, 0.15) is 12.6 Å². The molecule has 1 aliphatic rings. The first-order chi connectivity index (χ1) is 13.8. The van der Waals surface area contributed by atoms with Crippen LogP contribution in [0.3, 0.4) is 0 Å². The van der Waals surface area contributed by atoms with Crippen LogP contribution in [0.25, 0.3) is 5.65 Å². The molecule has 0 aliphatic carbocycles. The van der Waals surface area contributed by atoms with Crippen LogP contribution < -0.4 is 10.2 Å². The molecule has 1 saturated heterocycles. The Hall–Kier alpha value is -3.02. The van der Waals surface area contributed by atoms with Gasteiger partial charge in [-0.1, -0.05) is 24.3 Å². The monoisotopic (exact) mass is 376 g/mol. The SMILES string of the molecule is CCNC(=NCCc1cn2ccccc2n1)N1CCN(c2ccccc2)CC1. The van der Waals surface area contributed by atoms with Crippen LogP contribution in [-0.4, -0.2) is 59.5 Å². The summed E-state index contributed by atoms with van der Waals surface area (Å²) in [5.41, 5.74) is 3.38. The zero-order chi connectivity index (χ0) is 19.2. The first-order valence-corrected chi connectivity index (χ1v) is 10.1. The molecule has 1 aliphatic heterocycles. The van der Waals surface area contributed by atoms with E-state index >= 15 is 0 Å². The molecule has 1 fully saturated rings. The molecule has 1 N–H and O–H groups in total. The maximum absolute atomic E-state index is 4.86. The largest absolute Gasteiger partial charge is 0.368 e. The van der Waals surface area contributed by atoms with E-state index < -0.39 is 0 Å². The number of piperazine rings is 1. The van der Waals surface area contributed by atoms with Crippen LogP contribution in [0.4, 0.5) is 5.69 Å². The number of benzene rings is 1. The van der Waals surface area contributed by atoms with Crippen LogP contribution in [0.15, 0.2) is 65.9 Å². The molecule has 3 heterocycles. The van der Waals surface area contributed by atoms with Crippen molar-refractivity contribution in [2.24, 2.45) is 4.99 Å². The Morgan fingerprint density at radius 1 is 1.04 bits per heavy atom. The number of nitrogens with one attached hydrogen (secondary N) is 1. The first kappa shape index (κ1) is 18.3. The normalized spacial score (nSPS) is 15.2. The van der Waals surface area contributed by atoms with Gasteiger partial charge in [-0.05, 0) is 31.2 Å². The standard InChI is InChI=1S/C22H28N6/c1-2-23-22(24-12-11-19-18-28-13-7-6-10-21(28)25-19)27-16-14-26(15-17-27)20-8-4-3-5-9-20/h3-10,13,18H,2,11-12,14-17H2,1H3,(H,23,24). The van der Waals surface area contributed by atoms with E-state index in [2.05, 4.69) is 68.0 Å². The van der Waals surface area contributed by atoms with E-state index in [4.69, 9.17) is 4.99 Å². The van der Waals surface area contributed by atoms with Gasteiger partial charge in [0.15, 0.2) is 5.96 Å². The highest BCUT2D eigenvalue weighted by atomic mass is 15.3. The smallest absolute Gasteiger partial charge is 0.194 e. The predicted octanol–water partition coefficient (Wildman–Crippen LogP) is 2.66. The molecule has 0 unspecified atom stereocenters. The Morgan fingerprint density at radius 3 is 2.57 bits per heavy atom. The van der Waals surface area contributed by atoms with E-state index in [9.17, 15) is 0 Å². The third-order valence-corrected chi connectivity index (χ3v) is 5.08. The molecule has 4 rings (SSSR count). The van der Waals surface area contributed by atoms with Crippen molar-refractivity contribution in [3.8, 4) is 0 Å². The second-order valence-electron chi connectivity index (χ2n) is 6.99. The van der Waals surface area contributed by atoms with Gasteiger partial charge in [-0.3, -0.25) is 4.99 Å². The lowest BCUT2D eigenvalue weighted by Crippen LogP contribution is -2.52. The number of pyridine rings is 1. The molecule has 0 saturated carbocycles.